The highest BCUT2D eigenvalue weighted by molar-refractivity contribution is 5.79. The van der Waals surface area contributed by atoms with Crippen LogP contribution in [0.3, 0.4) is 0 Å². The predicted octanol–water partition coefficient (Wildman–Crippen LogP) is 0.391. The van der Waals surface area contributed by atoms with Gasteiger partial charge in [0.2, 0.25) is 11.8 Å². The quantitative estimate of drug-likeness (QED) is 0.605. The van der Waals surface area contributed by atoms with Crippen molar-refractivity contribution < 1.29 is 9.59 Å². The standard InChI is InChI=1S/C12H25N3O2/c1-8(2)9(3)15-11(17)7-14-12(4,5)6-10(13)16/h8-9,14H,6-7H2,1-5H3,(H2,13,16)(H,15,17). The number of amides is 2. The maximum Gasteiger partial charge on any atom is 0.234 e. The second-order valence-corrected chi connectivity index (χ2v) is 5.48. The van der Waals surface area contributed by atoms with Gasteiger partial charge in [0.05, 0.1) is 6.54 Å². The van der Waals surface area contributed by atoms with Crippen LogP contribution in [-0.4, -0.2) is 29.9 Å². The molecule has 0 saturated heterocycles. The minimum absolute atomic E-state index is 0.0660. The zero-order chi connectivity index (χ0) is 13.6. The lowest BCUT2D eigenvalue weighted by Gasteiger charge is -2.25. The number of hydrogen-bond acceptors (Lipinski definition) is 3. The molecule has 0 aromatic carbocycles. The van der Waals surface area contributed by atoms with Crippen molar-refractivity contribution in [1.29, 1.82) is 0 Å². The first-order valence-electron chi connectivity index (χ1n) is 5.97. The van der Waals surface area contributed by atoms with Crippen molar-refractivity contribution in [3.8, 4) is 0 Å². The molecule has 0 aromatic rings. The van der Waals surface area contributed by atoms with Crippen LogP contribution >= 0.6 is 0 Å². The Morgan fingerprint density at radius 2 is 1.76 bits per heavy atom. The first-order chi connectivity index (χ1) is 7.64. The summed E-state index contributed by atoms with van der Waals surface area (Å²) in [5.74, 6) is -0.0419. The summed E-state index contributed by atoms with van der Waals surface area (Å²) in [4.78, 5) is 22.4. The second-order valence-electron chi connectivity index (χ2n) is 5.48. The zero-order valence-corrected chi connectivity index (χ0v) is 11.5. The molecule has 0 saturated carbocycles. The third-order valence-electron chi connectivity index (χ3n) is 2.73. The minimum atomic E-state index is -0.454. The van der Waals surface area contributed by atoms with Crippen LogP contribution in [0.2, 0.25) is 0 Å². The topological polar surface area (TPSA) is 84.2 Å². The lowest BCUT2D eigenvalue weighted by Crippen LogP contribution is -2.49. The molecule has 0 heterocycles. The fourth-order valence-electron chi connectivity index (χ4n) is 1.29. The van der Waals surface area contributed by atoms with Crippen LogP contribution in [0.1, 0.15) is 41.0 Å². The summed E-state index contributed by atoms with van der Waals surface area (Å²) >= 11 is 0. The van der Waals surface area contributed by atoms with Gasteiger partial charge in [-0.1, -0.05) is 13.8 Å². The molecule has 100 valence electrons. The van der Waals surface area contributed by atoms with Crippen LogP contribution in [0.5, 0.6) is 0 Å². The van der Waals surface area contributed by atoms with Gasteiger partial charge in [-0.25, -0.2) is 0 Å². The van der Waals surface area contributed by atoms with E-state index in [9.17, 15) is 9.59 Å². The molecule has 0 fully saturated rings. The number of carbonyl (C=O) groups is 2. The van der Waals surface area contributed by atoms with E-state index in [1.165, 1.54) is 0 Å². The summed E-state index contributed by atoms with van der Waals surface area (Å²) in [5.41, 5.74) is 4.67. The molecule has 2 amide bonds. The SMILES string of the molecule is CC(C)C(C)NC(=O)CNC(C)(C)CC(N)=O. The molecule has 0 aromatic heterocycles. The first-order valence-corrected chi connectivity index (χ1v) is 5.97. The molecule has 0 radical (unpaired) electrons. The van der Waals surface area contributed by atoms with Crippen molar-refractivity contribution in [2.24, 2.45) is 11.7 Å². The van der Waals surface area contributed by atoms with Gasteiger partial charge in [0.1, 0.15) is 0 Å². The number of nitrogens with one attached hydrogen (secondary N) is 2. The Hall–Kier alpha value is -1.10. The molecule has 4 N–H and O–H groups in total. The van der Waals surface area contributed by atoms with Crippen LogP contribution in [-0.2, 0) is 9.59 Å². The van der Waals surface area contributed by atoms with Crippen molar-refractivity contribution in [2.75, 3.05) is 6.54 Å². The van der Waals surface area contributed by atoms with E-state index < -0.39 is 5.54 Å². The van der Waals surface area contributed by atoms with E-state index in [0.717, 1.165) is 0 Å². The molecule has 0 bridgehead atoms. The number of carbonyl (C=O) groups excluding carboxylic acids is 2. The fourth-order valence-corrected chi connectivity index (χ4v) is 1.29. The highest BCUT2D eigenvalue weighted by atomic mass is 16.2. The Morgan fingerprint density at radius 3 is 2.18 bits per heavy atom. The number of hydrogen-bond donors (Lipinski definition) is 3. The van der Waals surface area contributed by atoms with Gasteiger partial charge in [-0.2, -0.15) is 0 Å². The molecule has 5 nitrogen and oxygen atoms in total. The number of primary amides is 1. The summed E-state index contributed by atoms with van der Waals surface area (Å²) in [6.07, 6.45) is 0.208. The van der Waals surface area contributed by atoms with Gasteiger partial charge in [-0.3, -0.25) is 9.59 Å². The molecule has 5 heteroatoms. The molecule has 1 unspecified atom stereocenters. The zero-order valence-electron chi connectivity index (χ0n) is 11.5. The molecule has 0 spiro atoms. The first kappa shape index (κ1) is 15.9. The Morgan fingerprint density at radius 1 is 1.24 bits per heavy atom. The van der Waals surface area contributed by atoms with E-state index >= 15 is 0 Å². The minimum Gasteiger partial charge on any atom is -0.370 e. The summed E-state index contributed by atoms with van der Waals surface area (Å²) in [6.45, 7) is 9.95. The van der Waals surface area contributed by atoms with Gasteiger partial charge >= 0.3 is 0 Å². The van der Waals surface area contributed by atoms with Gasteiger partial charge in [0.15, 0.2) is 0 Å². The Labute approximate surface area is 104 Å². The Balaban J connectivity index is 4.03. The van der Waals surface area contributed by atoms with Gasteiger partial charge in [0, 0.05) is 18.0 Å². The average molecular weight is 243 g/mol. The Bertz CT molecular complexity index is 275. The molecule has 0 aliphatic rings. The van der Waals surface area contributed by atoms with Crippen LogP contribution in [0, 0.1) is 5.92 Å². The summed E-state index contributed by atoms with van der Waals surface area (Å²) in [7, 11) is 0. The van der Waals surface area contributed by atoms with Crippen LogP contribution < -0.4 is 16.4 Å². The van der Waals surface area contributed by atoms with Crippen molar-refractivity contribution in [1.82, 2.24) is 10.6 Å². The largest absolute Gasteiger partial charge is 0.370 e. The maximum absolute atomic E-state index is 11.6. The van der Waals surface area contributed by atoms with Crippen LogP contribution in [0.15, 0.2) is 0 Å². The van der Waals surface area contributed by atoms with Crippen molar-refractivity contribution in [3.05, 3.63) is 0 Å². The van der Waals surface area contributed by atoms with E-state index in [-0.39, 0.29) is 30.8 Å². The third-order valence-corrected chi connectivity index (χ3v) is 2.73. The van der Waals surface area contributed by atoms with Gasteiger partial charge in [-0.05, 0) is 26.7 Å². The monoisotopic (exact) mass is 243 g/mol. The van der Waals surface area contributed by atoms with Gasteiger partial charge in [0.25, 0.3) is 0 Å². The lowest BCUT2D eigenvalue weighted by molar-refractivity contribution is -0.122. The molecule has 1 atom stereocenters. The molecular weight excluding hydrogens is 218 g/mol. The number of nitrogens with two attached hydrogens (primary N) is 1. The molecule has 0 aliphatic carbocycles. The van der Waals surface area contributed by atoms with Crippen molar-refractivity contribution in [2.45, 2.75) is 52.6 Å². The maximum atomic E-state index is 11.6. The second kappa shape index (κ2) is 6.59. The van der Waals surface area contributed by atoms with Gasteiger partial charge < -0.3 is 16.4 Å². The van der Waals surface area contributed by atoms with Crippen molar-refractivity contribution in [3.63, 3.8) is 0 Å². The molecule has 17 heavy (non-hydrogen) atoms. The van der Waals surface area contributed by atoms with Crippen LogP contribution in [0.4, 0.5) is 0 Å². The van der Waals surface area contributed by atoms with E-state index in [4.69, 9.17) is 5.73 Å². The van der Waals surface area contributed by atoms with E-state index in [1.807, 2.05) is 20.8 Å². The van der Waals surface area contributed by atoms with Gasteiger partial charge in [-0.15, -0.1) is 0 Å². The summed E-state index contributed by atoms with van der Waals surface area (Å²) < 4.78 is 0. The van der Waals surface area contributed by atoms with E-state index in [0.29, 0.717) is 5.92 Å². The normalized spacial score (nSPS) is 13.5. The fraction of sp³-hybridized carbons (Fsp3) is 0.833. The van der Waals surface area contributed by atoms with E-state index in [1.54, 1.807) is 0 Å². The highest BCUT2D eigenvalue weighted by Crippen LogP contribution is 2.06. The Kier molecular flexibility index (Phi) is 6.16. The highest BCUT2D eigenvalue weighted by Gasteiger charge is 2.21. The van der Waals surface area contributed by atoms with Crippen LogP contribution in [0.25, 0.3) is 0 Å². The molecule has 0 aliphatic heterocycles. The van der Waals surface area contributed by atoms with Crippen molar-refractivity contribution >= 4 is 11.8 Å². The molecule has 0 rings (SSSR count). The summed E-state index contributed by atoms with van der Waals surface area (Å²) in [5, 5.41) is 5.91. The average Bonchev–Trinajstić information content (AvgIpc) is 2.12. The smallest absolute Gasteiger partial charge is 0.234 e. The number of rotatable bonds is 7. The molecular formula is C12H25N3O2. The summed E-state index contributed by atoms with van der Waals surface area (Å²) in [6, 6.07) is 0.142. The van der Waals surface area contributed by atoms with E-state index in [2.05, 4.69) is 24.5 Å². The lowest BCUT2D eigenvalue weighted by atomic mass is 10.0. The predicted molar refractivity (Wildman–Crippen MR) is 68.3 cm³/mol. The third kappa shape index (κ3) is 7.74.